The predicted molar refractivity (Wildman–Crippen MR) is 132 cm³/mol. The molecule has 0 radical (unpaired) electrons. The van der Waals surface area contributed by atoms with E-state index in [4.69, 9.17) is 19.7 Å². The van der Waals surface area contributed by atoms with Crippen LogP contribution in [0.2, 0.25) is 0 Å². The SMILES string of the molecule is CC1(C(=O)Nc2cnccn2)CCCN1c1nc(N2CCOCC2)nc(N(c2ccn[nH]2)C2CC2)n1. The second kappa shape index (κ2) is 9.30. The highest BCUT2D eigenvalue weighted by Crippen LogP contribution is 2.38. The number of aromatic amines is 1. The Labute approximate surface area is 208 Å². The molecule has 13 nitrogen and oxygen atoms in total. The van der Waals surface area contributed by atoms with E-state index in [1.807, 2.05) is 17.9 Å². The molecule has 2 saturated heterocycles. The maximum atomic E-state index is 13.5. The molecule has 2 N–H and O–H groups in total. The van der Waals surface area contributed by atoms with Crippen molar-refractivity contribution in [2.75, 3.05) is 52.9 Å². The summed E-state index contributed by atoms with van der Waals surface area (Å²) in [6, 6.07) is 2.22. The van der Waals surface area contributed by atoms with E-state index in [0.29, 0.717) is 69.0 Å². The molecule has 6 rings (SSSR count). The summed E-state index contributed by atoms with van der Waals surface area (Å²) in [5.74, 6) is 2.72. The minimum atomic E-state index is -0.850. The van der Waals surface area contributed by atoms with Crippen LogP contribution >= 0.6 is 0 Å². The van der Waals surface area contributed by atoms with Crippen molar-refractivity contribution in [2.24, 2.45) is 0 Å². The molecule has 36 heavy (non-hydrogen) atoms. The number of nitrogens with zero attached hydrogens (tertiary/aromatic N) is 9. The first kappa shape index (κ1) is 22.6. The smallest absolute Gasteiger partial charge is 0.251 e. The largest absolute Gasteiger partial charge is 0.378 e. The Kier molecular flexibility index (Phi) is 5.83. The average molecular weight is 492 g/mol. The number of hydrogen-bond donors (Lipinski definition) is 2. The molecule has 3 aromatic rings. The molecule has 1 saturated carbocycles. The van der Waals surface area contributed by atoms with Crippen LogP contribution in [0.5, 0.6) is 0 Å². The van der Waals surface area contributed by atoms with Crippen molar-refractivity contribution >= 4 is 35.4 Å². The third kappa shape index (κ3) is 4.30. The van der Waals surface area contributed by atoms with E-state index in [2.05, 4.69) is 35.3 Å². The summed E-state index contributed by atoms with van der Waals surface area (Å²) >= 11 is 0. The van der Waals surface area contributed by atoms with Crippen LogP contribution in [0.25, 0.3) is 0 Å². The molecule has 3 aliphatic rings. The monoisotopic (exact) mass is 491 g/mol. The van der Waals surface area contributed by atoms with E-state index >= 15 is 0 Å². The molecule has 1 atom stereocenters. The third-order valence-electron chi connectivity index (χ3n) is 6.94. The summed E-state index contributed by atoms with van der Waals surface area (Å²) in [4.78, 5) is 42.6. The minimum absolute atomic E-state index is 0.164. The Morgan fingerprint density at radius 1 is 1.14 bits per heavy atom. The van der Waals surface area contributed by atoms with Crippen molar-refractivity contribution in [1.29, 1.82) is 0 Å². The zero-order valence-corrected chi connectivity index (χ0v) is 20.2. The Balaban J connectivity index is 1.38. The number of H-pyrrole nitrogens is 1. The summed E-state index contributed by atoms with van der Waals surface area (Å²) in [5, 5.41) is 10.1. The molecular weight excluding hydrogens is 462 g/mol. The summed E-state index contributed by atoms with van der Waals surface area (Å²) in [7, 11) is 0. The zero-order valence-electron chi connectivity index (χ0n) is 20.2. The lowest BCUT2D eigenvalue weighted by Crippen LogP contribution is -2.52. The van der Waals surface area contributed by atoms with Gasteiger partial charge >= 0.3 is 0 Å². The van der Waals surface area contributed by atoms with Crippen molar-refractivity contribution in [3.63, 3.8) is 0 Å². The lowest BCUT2D eigenvalue weighted by atomic mass is 9.98. The number of anilines is 5. The van der Waals surface area contributed by atoms with Gasteiger partial charge in [0.2, 0.25) is 17.8 Å². The van der Waals surface area contributed by atoms with E-state index in [9.17, 15) is 4.79 Å². The first-order chi connectivity index (χ1) is 17.6. The molecule has 2 aliphatic heterocycles. The van der Waals surface area contributed by atoms with Gasteiger partial charge in [-0.05, 0) is 32.6 Å². The summed E-state index contributed by atoms with van der Waals surface area (Å²) in [6.45, 7) is 5.21. The van der Waals surface area contributed by atoms with Crippen LogP contribution in [0.3, 0.4) is 0 Å². The molecule has 3 aromatic heterocycles. The number of carbonyl (C=O) groups excluding carboxylic acids is 1. The van der Waals surface area contributed by atoms with Gasteiger partial charge in [-0.2, -0.15) is 20.1 Å². The number of hydrogen-bond acceptors (Lipinski definition) is 11. The fraction of sp³-hybridized carbons (Fsp3) is 0.522. The Bertz CT molecular complexity index is 1200. The number of morpholine rings is 1. The van der Waals surface area contributed by atoms with E-state index in [0.717, 1.165) is 25.1 Å². The van der Waals surface area contributed by atoms with Crippen LogP contribution in [-0.2, 0) is 9.53 Å². The summed E-state index contributed by atoms with van der Waals surface area (Å²) in [6.07, 6.45) is 10.00. The van der Waals surface area contributed by atoms with Crippen molar-refractivity contribution in [2.45, 2.75) is 44.2 Å². The number of ether oxygens (including phenoxy) is 1. The Morgan fingerprint density at radius 3 is 2.69 bits per heavy atom. The molecule has 0 bridgehead atoms. The topological polar surface area (TPSA) is 141 Å². The predicted octanol–water partition coefficient (Wildman–Crippen LogP) is 1.52. The molecule has 1 unspecified atom stereocenters. The number of carbonyl (C=O) groups is 1. The van der Waals surface area contributed by atoms with Crippen molar-refractivity contribution in [1.82, 2.24) is 35.1 Å². The standard InChI is InChI=1S/C23H29N11O2/c1-23(19(35)27-17-15-24-8-9-25-17)6-2-10-33(23)21-28-20(32-11-13-36-14-12-32)29-22(30-21)34(16-3-4-16)18-5-7-26-31-18/h5,7-9,15-16H,2-4,6,10-14H2,1H3,(H,26,31)(H,25,27,35). The maximum absolute atomic E-state index is 13.5. The van der Waals surface area contributed by atoms with Crippen molar-refractivity contribution in [3.8, 4) is 0 Å². The highest BCUT2D eigenvalue weighted by molar-refractivity contribution is 5.99. The molecule has 5 heterocycles. The molecule has 13 heteroatoms. The quantitative estimate of drug-likeness (QED) is 0.497. The van der Waals surface area contributed by atoms with Gasteiger partial charge in [0.15, 0.2) is 5.82 Å². The summed E-state index contributed by atoms with van der Waals surface area (Å²) in [5.41, 5.74) is -0.850. The van der Waals surface area contributed by atoms with Crippen LogP contribution in [0.15, 0.2) is 30.9 Å². The lowest BCUT2D eigenvalue weighted by molar-refractivity contribution is -0.120. The number of amides is 1. The van der Waals surface area contributed by atoms with Gasteiger partial charge in [0.1, 0.15) is 11.4 Å². The van der Waals surface area contributed by atoms with Crippen LogP contribution in [0.4, 0.5) is 29.5 Å². The summed E-state index contributed by atoms with van der Waals surface area (Å²) < 4.78 is 5.55. The van der Waals surface area contributed by atoms with E-state index in [1.54, 1.807) is 18.6 Å². The molecule has 3 fully saturated rings. The minimum Gasteiger partial charge on any atom is -0.378 e. The fourth-order valence-corrected chi connectivity index (χ4v) is 4.79. The van der Waals surface area contributed by atoms with Gasteiger partial charge < -0.3 is 19.9 Å². The fourth-order valence-electron chi connectivity index (χ4n) is 4.79. The van der Waals surface area contributed by atoms with Crippen LogP contribution in [-0.4, -0.2) is 85.5 Å². The van der Waals surface area contributed by atoms with E-state index in [1.165, 1.54) is 6.20 Å². The van der Waals surface area contributed by atoms with Crippen molar-refractivity contribution < 1.29 is 9.53 Å². The first-order valence-corrected chi connectivity index (χ1v) is 12.3. The molecule has 188 valence electrons. The zero-order chi connectivity index (χ0) is 24.5. The highest BCUT2D eigenvalue weighted by Gasteiger charge is 2.45. The van der Waals surface area contributed by atoms with Crippen LogP contribution in [0, 0.1) is 0 Å². The lowest BCUT2D eigenvalue weighted by Gasteiger charge is -2.35. The van der Waals surface area contributed by atoms with Crippen molar-refractivity contribution in [3.05, 3.63) is 30.9 Å². The highest BCUT2D eigenvalue weighted by atomic mass is 16.5. The molecular formula is C23H29N11O2. The molecule has 0 spiro atoms. The van der Waals surface area contributed by atoms with Gasteiger partial charge in [0, 0.05) is 44.1 Å². The normalized spacial score (nSPS) is 22.0. The first-order valence-electron chi connectivity index (χ1n) is 12.3. The van der Waals surface area contributed by atoms with Gasteiger partial charge in [-0.3, -0.25) is 19.8 Å². The Hall–Kier alpha value is -3.87. The van der Waals surface area contributed by atoms with Gasteiger partial charge in [-0.1, -0.05) is 0 Å². The van der Waals surface area contributed by atoms with Gasteiger partial charge in [0.05, 0.1) is 25.6 Å². The Morgan fingerprint density at radius 2 is 1.97 bits per heavy atom. The molecule has 0 aromatic carbocycles. The third-order valence-corrected chi connectivity index (χ3v) is 6.94. The maximum Gasteiger partial charge on any atom is 0.251 e. The average Bonchev–Trinajstić information content (AvgIpc) is 3.42. The second-order valence-electron chi connectivity index (χ2n) is 9.45. The molecule has 1 aliphatic carbocycles. The van der Waals surface area contributed by atoms with Gasteiger partial charge in [-0.15, -0.1) is 0 Å². The van der Waals surface area contributed by atoms with E-state index in [-0.39, 0.29) is 5.91 Å². The molecule has 1 amide bonds. The van der Waals surface area contributed by atoms with Crippen LogP contribution in [0.1, 0.15) is 32.6 Å². The van der Waals surface area contributed by atoms with Crippen LogP contribution < -0.4 is 20.0 Å². The van der Waals surface area contributed by atoms with Gasteiger partial charge in [-0.25, -0.2) is 4.98 Å². The van der Waals surface area contributed by atoms with E-state index < -0.39 is 5.54 Å². The number of aromatic nitrogens is 7. The number of nitrogens with one attached hydrogen (secondary N) is 2. The second-order valence-corrected chi connectivity index (χ2v) is 9.45. The van der Waals surface area contributed by atoms with Gasteiger partial charge in [0.25, 0.3) is 5.91 Å². The number of rotatable bonds is 7.